The second-order valence-electron chi connectivity index (χ2n) is 8.98. The molecule has 0 atom stereocenters. The van der Waals surface area contributed by atoms with E-state index in [0.717, 1.165) is 5.56 Å². The van der Waals surface area contributed by atoms with E-state index in [4.69, 9.17) is 9.47 Å². The van der Waals surface area contributed by atoms with Crippen molar-refractivity contribution in [1.29, 1.82) is 0 Å². The summed E-state index contributed by atoms with van der Waals surface area (Å²) in [6.07, 6.45) is -0.823. The second kappa shape index (κ2) is 11.6. The van der Waals surface area contributed by atoms with Crippen LogP contribution in [0.2, 0.25) is 0 Å². The first kappa shape index (κ1) is 27.1. The molecule has 4 rings (SSSR count). The summed E-state index contributed by atoms with van der Waals surface area (Å²) in [5, 5.41) is 5.59. The zero-order chi connectivity index (χ0) is 28.1. The van der Waals surface area contributed by atoms with Gasteiger partial charge in [0.25, 0.3) is 23.6 Å². The molecule has 2 N–H and O–H groups in total. The van der Waals surface area contributed by atoms with Crippen molar-refractivity contribution in [2.24, 2.45) is 0 Å². The summed E-state index contributed by atoms with van der Waals surface area (Å²) in [6.45, 7) is 5.54. The Bertz CT molecular complexity index is 1450. The van der Waals surface area contributed by atoms with E-state index < -0.39 is 18.0 Å². The van der Waals surface area contributed by atoms with Crippen molar-refractivity contribution in [3.63, 3.8) is 0 Å². The van der Waals surface area contributed by atoms with Crippen LogP contribution in [0.25, 0.3) is 0 Å². The number of nitrogens with zero attached hydrogens (tertiary/aromatic N) is 1. The lowest BCUT2D eigenvalue weighted by Gasteiger charge is -2.17. The van der Waals surface area contributed by atoms with Gasteiger partial charge in [-0.05, 0) is 80.9 Å². The number of amides is 4. The number of fused-ring (bicyclic) bond motifs is 1. The van der Waals surface area contributed by atoms with E-state index in [0.29, 0.717) is 11.3 Å². The number of carbonyl (C=O) groups excluding carboxylic acids is 5. The summed E-state index contributed by atoms with van der Waals surface area (Å²) in [4.78, 5) is 63.1. The lowest BCUT2D eigenvalue weighted by molar-refractivity contribution is 0.0608. The van der Waals surface area contributed by atoms with Crippen molar-refractivity contribution in [3.8, 4) is 5.75 Å². The molecule has 3 aromatic carbocycles. The van der Waals surface area contributed by atoms with Crippen molar-refractivity contribution in [2.45, 2.75) is 33.4 Å². The fraction of sp³-hybridized carbons (Fsp3) is 0.207. The van der Waals surface area contributed by atoms with Crippen molar-refractivity contribution < 1.29 is 33.4 Å². The molecular formula is C29H27N3O7. The average Bonchev–Trinajstić information content (AvgIpc) is 3.17. The minimum atomic E-state index is -0.823. The van der Waals surface area contributed by atoms with Gasteiger partial charge in [0, 0.05) is 29.4 Å². The Morgan fingerprint density at radius 3 is 2.23 bits per heavy atom. The van der Waals surface area contributed by atoms with E-state index in [1.807, 2.05) is 0 Å². The third-order valence-electron chi connectivity index (χ3n) is 5.91. The van der Waals surface area contributed by atoms with Crippen molar-refractivity contribution in [1.82, 2.24) is 10.2 Å². The predicted molar refractivity (Wildman–Crippen MR) is 142 cm³/mol. The number of anilines is 1. The number of nitrogens with one attached hydrogen (secondary N) is 2. The summed E-state index contributed by atoms with van der Waals surface area (Å²) in [6, 6.07) is 17.2. The summed E-state index contributed by atoms with van der Waals surface area (Å²) >= 11 is 0. The number of imide groups is 1. The van der Waals surface area contributed by atoms with E-state index in [-0.39, 0.29) is 53.4 Å². The number of carbonyl (C=O) groups is 5. The van der Waals surface area contributed by atoms with Crippen LogP contribution in [0.4, 0.5) is 10.5 Å². The van der Waals surface area contributed by atoms with Gasteiger partial charge in [-0.15, -0.1) is 0 Å². The third kappa shape index (κ3) is 6.12. The summed E-state index contributed by atoms with van der Waals surface area (Å²) in [7, 11) is 0. The summed E-state index contributed by atoms with van der Waals surface area (Å²) < 4.78 is 9.70. The van der Waals surface area contributed by atoms with Crippen LogP contribution in [-0.4, -0.2) is 47.3 Å². The van der Waals surface area contributed by atoms with E-state index in [1.54, 1.807) is 45.0 Å². The van der Waals surface area contributed by atoms with Crippen LogP contribution >= 0.6 is 0 Å². The monoisotopic (exact) mass is 529 g/mol. The van der Waals surface area contributed by atoms with Crippen molar-refractivity contribution in [2.75, 3.05) is 11.9 Å². The van der Waals surface area contributed by atoms with E-state index in [9.17, 15) is 24.0 Å². The molecule has 200 valence electrons. The lowest BCUT2D eigenvalue weighted by Crippen LogP contribution is -2.35. The highest BCUT2D eigenvalue weighted by Crippen LogP contribution is 2.26. The molecular weight excluding hydrogens is 502 g/mol. The van der Waals surface area contributed by atoms with Gasteiger partial charge in [-0.25, -0.2) is 4.79 Å². The molecule has 3 aromatic rings. The summed E-state index contributed by atoms with van der Waals surface area (Å²) in [5.41, 5.74) is 2.37. The predicted octanol–water partition coefficient (Wildman–Crippen LogP) is 4.41. The van der Waals surface area contributed by atoms with Crippen LogP contribution in [0.5, 0.6) is 5.75 Å². The van der Waals surface area contributed by atoms with Gasteiger partial charge in [-0.3, -0.25) is 24.1 Å². The van der Waals surface area contributed by atoms with Gasteiger partial charge in [0.05, 0.1) is 17.7 Å². The molecule has 4 amide bonds. The first-order chi connectivity index (χ1) is 18.7. The Hall–Kier alpha value is -4.99. The number of rotatable bonds is 8. The molecule has 0 aromatic heterocycles. The maximum Gasteiger partial charge on any atom is 0.513 e. The molecule has 1 heterocycles. The molecule has 0 aliphatic carbocycles. The van der Waals surface area contributed by atoms with Crippen LogP contribution in [0, 0.1) is 0 Å². The largest absolute Gasteiger partial charge is 0.513 e. The molecule has 0 fully saturated rings. The maximum absolute atomic E-state index is 12.8. The molecule has 39 heavy (non-hydrogen) atoms. The Morgan fingerprint density at radius 2 is 1.54 bits per heavy atom. The molecule has 0 bridgehead atoms. The Kier molecular flexibility index (Phi) is 8.04. The van der Waals surface area contributed by atoms with Crippen LogP contribution in [0.3, 0.4) is 0 Å². The topological polar surface area (TPSA) is 131 Å². The van der Waals surface area contributed by atoms with Crippen LogP contribution < -0.4 is 15.4 Å². The first-order valence-corrected chi connectivity index (χ1v) is 12.3. The van der Waals surface area contributed by atoms with Crippen LogP contribution in [-0.2, 0) is 11.3 Å². The van der Waals surface area contributed by atoms with Gasteiger partial charge in [-0.1, -0.05) is 12.1 Å². The zero-order valence-corrected chi connectivity index (χ0v) is 21.6. The van der Waals surface area contributed by atoms with E-state index in [1.165, 1.54) is 47.4 Å². The standard InChI is InChI=1S/C29H27N3O7/c1-4-38-29(37)39-22-11-8-19(9-12-22)26(34)31-21-7-5-6-18(14-21)16-30-25(33)20-10-13-23-24(15-20)28(36)32(17(2)3)27(23)35/h5-15,17H,4,16H2,1-3H3,(H,30,33)(H,31,34). The van der Waals surface area contributed by atoms with E-state index >= 15 is 0 Å². The van der Waals surface area contributed by atoms with Crippen LogP contribution in [0.1, 0.15) is 67.8 Å². The molecule has 1 aliphatic heterocycles. The number of hydrogen-bond acceptors (Lipinski definition) is 7. The zero-order valence-electron chi connectivity index (χ0n) is 21.6. The minimum Gasteiger partial charge on any atom is -0.434 e. The van der Waals surface area contributed by atoms with Gasteiger partial charge in [0.15, 0.2) is 0 Å². The number of hydrogen-bond donors (Lipinski definition) is 2. The van der Waals surface area contributed by atoms with Gasteiger partial charge >= 0.3 is 6.16 Å². The fourth-order valence-electron chi connectivity index (χ4n) is 4.03. The molecule has 0 radical (unpaired) electrons. The molecule has 0 spiro atoms. The van der Waals surface area contributed by atoms with Gasteiger partial charge in [0.2, 0.25) is 0 Å². The molecule has 10 nitrogen and oxygen atoms in total. The minimum absolute atomic E-state index is 0.171. The SMILES string of the molecule is CCOC(=O)Oc1ccc(C(=O)Nc2cccc(CNC(=O)c3ccc4c(c3)C(=O)N(C(C)C)C4=O)c2)cc1. The van der Waals surface area contributed by atoms with Crippen molar-refractivity contribution in [3.05, 3.63) is 94.5 Å². The van der Waals surface area contributed by atoms with Gasteiger partial charge in [-0.2, -0.15) is 0 Å². The molecule has 1 aliphatic rings. The fourth-order valence-corrected chi connectivity index (χ4v) is 4.03. The Morgan fingerprint density at radius 1 is 0.846 bits per heavy atom. The average molecular weight is 530 g/mol. The quantitative estimate of drug-likeness (QED) is 0.251. The molecule has 0 unspecified atom stereocenters. The number of benzene rings is 3. The highest BCUT2D eigenvalue weighted by atomic mass is 16.7. The first-order valence-electron chi connectivity index (χ1n) is 12.3. The highest BCUT2D eigenvalue weighted by molar-refractivity contribution is 6.22. The lowest BCUT2D eigenvalue weighted by atomic mass is 10.1. The van der Waals surface area contributed by atoms with Crippen LogP contribution in [0.15, 0.2) is 66.7 Å². The Labute approximate surface area is 224 Å². The van der Waals surface area contributed by atoms with Gasteiger partial charge in [0.1, 0.15) is 5.75 Å². The molecule has 0 saturated heterocycles. The Balaban J connectivity index is 1.36. The second-order valence-corrected chi connectivity index (χ2v) is 8.98. The number of ether oxygens (including phenoxy) is 2. The molecule has 0 saturated carbocycles. The molecule has 10 heteroatoms. The maximum atomic E-state index is 12.8. The van der Waals surface area contributed by atoms with Gasteiger partial charge < -0.3 is 20.1 Å². The smallest absolute Gasteiger partial charge is 0.434 e. The highest BCUT2D eigenvalue weighted by Gasteiger charge is 2.37. The summed E-state index contributed by atoms with van der Waals surface area (Å²) in [5.74, 6) is -1.30. The van der Waals surface area contributed by atoms with E-state index in [2.05, 4.69) is 10.6 Å². The van der Waals surface area contributed by atoms with Crippen molar-refractivity contribution >= 4 is 35.5 Å². The normalized spacial score (nSPS) is 12.3. The third-order valence-corrected chi connectivity index (χ3v) is 5.91.